The SMILES string of the molecule is Cc1oc(-c2ccncc2)nc1CCC(=O)c1ccc2sc(C(O)P3(=O)OC[C@@H](C)O3)cc2c1. The molecule has 2 unspecified atom stereocenters. The molecule has 34 heavy (non-hydrogen) atoms. The van der Waals surface area contributed by atoms with Gasteiger partial charge in [0.05, 0.1) is 18.4 Å². The quantitative estimate of drug-likeness (QED) is 0.255. The lowest BCUT2D eigenvalue weighted by Crippen LogP contribution is -2.02. The molecule has 1 fully saturated rings. The van der Waals surface area contributed by atoms with Crippen LogP contribution < -0.4 is 0 Å². The molecule has 0 amide bonds. The fourth-order valence-electron chi connectivity index (χ4n) is 3.82. The molecule has 5 rings (SSSR count). The lowest BCUT2D eigenvalue weighted by molar-refractivity contribution is 0.0982. The number of hydrogen-bond donors (Lipinski definition) is 1. The Bertz CT molecular complexity index is 1400. The molecule has 0 aliphatic carbocycles. The average molecular weight is 498 g/mol. The predicted octanol–water partition coefficient (Wildman–Crippen LogP) is 5.69. The minimum atomic E-state index is -3.62. The van der Waals surface area contributed by atoms with Gasteiger partial charge in [-0.2, -0.15) is 0 Å². The fourth-order valence-corrected chi connectivity index (χ4v) is 6.97. The molecule has 1 saturated heterocycles. The number of aromatic nitrogens is 2. The summed E-state index contributed by atoms with van der Waals surface area (Å²) in [6.07, 6.45) is 3.77. The Morgan fingerprint density at radius 3 is 2.79 bits per heavy atom. The van der Waals surface area contributed by atoms with Crippen molar-refractivity contribution < 1.29 is 27.9 Å². The van der Waals surface area contributed by atoms with E-state index in [4.69, 9.17) is 13.5 Å². The molecule has 4 heterocycles. The zero-order chi connectivity index (χ0) is 23.9. The lowest BCUT2D eigenvalue weighted by Gasteiger charge is -2.15. The van der Waals surface area contributed by atoms with Gasteiger partial charge in [0.1, 0.15) is 5.76 Å². The second kappa shape index (κ2) is 9.17. The maximum Gasteiger partial charge on any atom is 0.364 e. The van der Waals surface area contributed by atoms with Crippen LogP contribution in [0.15, 0.2) is 53.2 Å². The number of aliphatic hydroxyl groups excluding tert-OH is 1. The van der Waals surface area contributed by atoms with E-state index in [9.17, 15) is 14.5 Å². The van der Waals surface area contributed by atoms with Crippen molar-refractivity contribution in [2.24, 2.45) is 0 Å². The number of thiophene rings is 1. The van der Waals surface area contributed by atoms with E-state index in [0.717, 1.165) is 21.3 Å². The van der Waals surface area contributed by atoms with Gasteiger partial charge in [0.2, 0.25) is 5.89 Å². The number of aliphatic hydroxyl groups is 1. The third-order valence-electron chi connectivity index (χ3n) is 5.64. The van der Waals surface area contributed by atoms with Gasteiger partial charge < -0.3 is 18.6 Å². The highest BCUT2D eigenvalue weighted by Gasteiger charge is 2.43. The van der Waals surface area contributed by atoms with E-state index in [1.807, 2.05) is 25.1 Å². The van der Waals surface area contributed by atoms with Gasteiger partial charge in [-0.05, 0) is 55.6 Å². The van der Waals surface area contributed by atoms with Crippen molar-refractivity contribution in [2.75, 3.05) is 6.61 Å². The van der Waals surface area contributed by atoms with Gasteiger partial charge in [-0.15, -0.1) is 11.3 Å². The first kappa shape index (κ1) is 23.1. The Balaban J connectivity index is 1.30. The molecule has 176 valence electrons. The van der Waals surface area contributed by atoms with Gasteiger partial charge in [0.25, 0.3) is 0 Å². The predicted molar refractivity (Wildman–Crippen MR) is 128 cm³/mol. The molecular formula is C24H23N2O6PS. The maximum absolute atomic E-state index is 12.9. The summed E-state index contributed by atoms with van der Waals surface area (Å²) in [4.78, 5) is 21.9. The van der Waals surface area contributed by atoms with Gasteiger partial charge in [0.15, 0.2) is 11.6 Å². The number of aryl methyl sites for hydroxylation is 2. The largest absolute Gasteiger partial charge is 0.441 e. The Labute approximate surface area is 200 Å². The normalized spacial score (nSPS) is 21.2. The number of carbonyl (C=O) groups excluding carboxylic acids is 1. The molecule has 0 spiro atoms. The summed E-state index contributed by atoms with van der Waals surface area (Å²) in [6.45, 7) is 3.77. The number of hydrogen-bond acceptors (Lipinski definition) is 9. The van der Waals surface area contributed by atoms with E-state index in [1.54, 1.807) is 37.5 Å². The van der Waals surface area contributed by atoms with Crippen molar-refractivity contribution in [3.8, 4) is 11.5 Å². The molecule has 1 N–H and O–H groups in total. The average Bonchev–Trinajstić information content (AvgIpc) is 3.53. The number of ketones is 1. The van der Waals surface area contributed by atoms with Crippen LogP contribution in [0.3, 0.4) is 0 Å². The van der Waals surface area contributed by atoms with Crippen LogP contribution in [0.5, 0.6) is 0 Å². The maximum atomic E-state index is 12.9. The minimum Gasteiger partial charge on any atom is -0.441 e. The van der Waals surface area contributed by atoms with Crippen molar-refractivity contribution in [2.45, 2.75) is 38.6 Å². The zero-order valence-corrected chi connectivity index (χ0v) is 20.3. The van der Waals surface area contributed by atoms with Gasteiger partial charge in [0, 0.05) is 45.9 Å². The Morgan fingerprint density at radius 1 is 1.26 bits per heavy atom. The molecule has 3 atom stereocenters. The molecule has 0 saturated carbocycles. The molecule has 1 aliphatic rings. The van der Waals surface area contributed by atoms with E-state index < -0.39 is 13.4 Å². The van der Waals surface area contributed by atoms with E-state index >= 15 is 0 Å². The smallest absolute Gasteiger partial charge is 0.364 e. The zero-order valence-electron chi connectivity index (χ0n) is 18.6. The van der Waals surface area contributed by atoms with Crippen LogP contribution >= 0.6 is 18.9 Å². The summed E-state index contributed by atoms with van der Waals surface area (Å²) in [5, 5.41) is 11.4. The van der Waals surface area contributed by atoms with E-state index in [2.05, 4.69) is 9.97 Å². The van der Waals surface area contributed by atoms with E-state index in [1.165, 1.54) is 11.3 Å². The molecule has 1 aliphatic heterocycles. The van der Waals surface area contributed by atoms with Crippen LogP contribution in [-0.2, 0) is 20.0 Å². The number of oxazole rings is 1. The first-order valence-electron chi connectivity index (χ1n) is 10.9. The van der Waals surface area contributed by atoms with Crippen molar-refractivity contribution in [1.82, 2.24) is 9.97 Å². The molecule has 4 aromatic rings. The van der Waals surface area contributed by atoms with Crippen LogP contribution in [0.4, 0.5) is 0 Å². The highest BCUT2D eigenvalue weighted by molar-refractivity contribution is 7.54. The second-order valence-electron chi connectivity index (χ2n) is 8.21. The Kier molecular flexibility index (Phi) is 6.22. The summed E-state index contributed by atoms with van der Waals surface area (Å²) < 4.78 is 30.0. The number of nitrogens with zero attached hydrogens (tertiary/aromatic N) is 2. The van der Waals surface area contributed by atoms with E-state index in [0.29, 0.717) is 28.5 Å². The molecule has 0 bridgehead atoms. The molecular weight excluding hydrogens is 475 g/mol. The lowest BCUT2D eigenvalue weighted by atomic mass is 10.0. The molecule has 3 aromatic heterocycles. The third kappa shape index (κ3) is 4.50. The number of carbonyl (C=O) groups is 1. The van der Waals surface area contributed by atoms with E-state index in [-0.39, 0.29) is 24.9 Å². The van der Waals surface area contributed by atoms with Crippen LogP contribution in [0.2, 0.25) is 0 Å². The van der Waals surface area contributed by atoms with Crippen LogP contribution in [0.1, 0.15) is 45.9 Å². The van der Waals surface area contributed by atoms with Crippen molar-refractivity contribution in [3.63, 3.8) is 0 Å². The summed E-state index contributed by atoms with van der Waals surface area (Å²) in [7, 11) is -3.62. The first-order chi connectivity index (χ1) is 16.3. The van der Waals surface area contributed by atoms with Crippen LogP contribution in [0.25, 0.3) is 21.5 Å². The van der Waals surface area contributed by atoms with Gasteiger partial charge in [-0.1, -0.05) is 0 Å². The van der Waals surface area contributed by atoms with Crippen molar-refractivity contribution >= 4 is 34.8 Å². The molecule has 0 radical (unpaired) electrons. The number of fused-ring (bicyclic) bond motifs is 1. The number of Topliss-reactive ketones (excluding diaryl/α,β-unsaturated/α-hetero) is 1. The summed E-state index contributed by atoms with van der Waals surface area (Å²) >= 11 is 1.30. The van der Waals surface area contributed by atoms with Crippen molar-refractivity contribution in [1.29, 1.82) is 0 Å². The molecule has 1 aromatic carbocycles. The fraction of sp³-hybridized carbons (Fsp3) is 0.292. The number of rotatable bonds is 7. The minimum absolute atomic E-state index is 0.0212. The standard InChI is InChI=1S/C24H23N2O6PS/c1-14-13-30-33(29,32-14)24(28)22-12-18-11-17(3-6-21(18)34-22)20(27)5-4-19-15(2)31-23(26-19)16-7-9-25-10-8-16/h3,6-12,14,24,28H,4-5,13H2,1-2H3/t14-,24?,33?/m1/s1. The van der Waals surface area contributed by atoms with Gasteiger partial charge >= 0.3 is 7.60 Å². The second-order valence-corrected chi connectivity index (χ2v) is 11.4. The van der Waals surface area contributed by atoms with Gasteiger partial charge in [-0.25, -0.2) is 4.98 Å². The molecule has 8 nitrogen and oxygen atoms in total. The summed E-state index contributed by atoms with van der Waals surface area (Å²) in [5.74, 6) is -0.172. The molecule has 10 heteroatoms. The summed E-state index contributed by atoms with van der Waals surface area (Å²) in [6, 6.07) is 10.8. The highest BCUT2D eigenvalue weighted by atomic mass is 32.1. The number of benzene rings is 1. The Morgan fingerprint density at radius 2 is 2.06 bits per heavy atom. The van der Waals surface area contributed by atoms with Gasteiger partial charge in [-0.3, -0.25) is 14.3 Å². The first-order valence-corrected chi connectivity index (χ1v) is 13.3. The summed E-state index contributed by atoms with van der Waals surface area (Å²) in [5.41, 5.74) is 2.15. The van der Waals surface area contributed by atoms with Crippen LogP contribution in [0, 0.1) is 6.92 Å². The van der Waals surface area contributed by atoms with Crippen molar-refractivity contribution in [3.05, 3.63) is 70.7 Å². The monoisotopic (exact) mass is 498 g/mol. The van der Waals surface area contributed by atoms with Crippen LogP contribution in [-0.4, -0.2) is 33.6 Å². The topological polar surface area (TPSA) is 112 Å². The number of pyridine rings is 1. The highest BCUT2D eigenvalue weighted by Crippen LogP contribution is 2.64. The Hall–Kier alpha value is -2.68. The third-order valence-corrected chi connectivity index (χ3v) is 9.02.